The predicted octanol–water partition coefficient (Wildman–Crippen LogP) is 3.21. The summed E-state index contributed by atoms with van der Waals surface area (Å²) in [5.74, 6) is 2.26. The third-order valence-electron chi connectivity index (χ3n) is 3.07. The van der Waals surface area contributed by atoms with Crippen LogP contribution in [0.3, 0.4) is 0 Å². The minimum Gasteiger partial charge on any atom is -0.493 e. The highest BCUT2D eigenvalue weighted by Crippen LogP contribution is 2.32. The van der Waals surface area contributed by atoms with Gasteiger partial charge in [-0.3, -0.25) is 4.98 Å². The van der Waals surface area contributed by atoms with Gasteiger partial charge < -0.3 is 14.0 Å². The van der Waals surface area contributed by atoms with Crippen molar-refractivity contribution in [3.63, 3.8) is 0 Å². The van der Waals surface area contributed by atoms with Crippen LogP contribution in [0.25, 0.3) is 22.8 Å². The molecule has 0 amide bonds. The van der Waals surface area contributed by atoms with Crippen molar-refractivity contribution in [2.75, 3.05) is 13.7 Å². The lowest BCUT2D eigenvalue weighted by atomic mass is 10.2. The van der Waals surface area contributed by atoms with Gasteiger partial charge in [0.2, 0.25) is 5.82 Å². The lowest BCUT2D eigenvalue weighted by Gasteiger charge is -2.09. The van der Waals surface area contributed by atoms with Crippen LogP contribution >= 0.6 is 0 Å². The molecule has 0 fully saturated rings. The summed E-state index contributed by atoms with van der Waals surface area (Å²) in [7, 11) is 1.60. The van der Waals surface area contributed by atoms with Crippen molar-refractivity contribution in [3.8, 4) is 34.3 Å². The highest BCUT2D eigenvalue weighted by atomic mass is 16.5. The molecule has 3 aromatic rings. The Balaban J connectivity index is 1.95. The van der Waals surface area contributed by atoms with Gasteiger partial charge in [0.25, 0.3) is 5.89 Å². The number of ether oxygens (including phenoxy) is 2. The van der Waals surface area contributed by atoms with Gasteiger partial charge in [0.1, 0.15) is 0 Å². The molecule has 22 heavy (non-hydrogen) atoms. The molecule has 0 atom stereocenters. The van der Waals surface area contributed by atoms with Crippen LogP contribution in [-0.2, 0) is 0 Å². The van der Waals surface area contributed by atoms with Crippen LogP contribution in [0, 0.1) is 0 Å². The van der Waals surface area contributed by atoms with Crippen LogP contribution < -0.4 is 9.47 Å². The van der Waals surface area contributed by atoms with E-state index in [2.05, 4.69) is 15.1 Å². The van der Waals surface area contributed by atoms with Crippen molar-refractivity contribution in [1.29, 1.82) is 0 Å². The monoisotopic (exact) mass is 297 g/mol. The number of rotatable bonds is 5. The zero-order chi connectivity index (χ0) is 15.4. The van der Waals surface area contributed by atoms with E-state index in [1.54, 1.807) is 19.5 Å². The second-order valence-corrected chi connectivity index (χ2v) is 4.46. The summed E-state index contributed by atoms with van der Waals surface area (Å²) in [5.41, 5.74) is 1.63. The van der Waals surface area contributed by atoms with Crippen molar-refractivity contribution in [1.82, 2.24) is 15.1 Å². The van der Waals surface area contributed by atoms with E-state index in [4.69, 9.17) is 14.0 Å². The van der Waals surface area contributed by atoms with E-state index in [0.29, 0.717) is 29.8 Å². The molecule has 6 heteroatoms. The Kier molecular flexibility index (Phi) is 4.00. The molecule has 0 saturated carbocycles. The molecule has 1 aromatic carbocycles. The van der Waals surface area contributed by atoms with Gasteiger partial charge in [-0.1, -0.05) is 5.16 Å². The van der Waals surface area contributed by atoms with Crippen molar-refractivity contribution in [2.45, 2.75) is 6.92 Å². The Labute approximate surface area is 127 Å². The minimum absolute atomic E-state index is 0.426. The average Bonchev–Trinajstić information content (AvgIpc) is 3.06. The molecule has 0 aliphatic rings. The van der Waals surface area contributed by atoms with Gasteiger partial charge in [0, 0.05) is 23.5 Å². The van der Waals surface area contributed by atoms with Crippen LogP contribution in [0.2, 0.25) is 0 Å². The lowest BCUT2D eigenvalue weighted by Crippen LogP contribution is -1.95. The molecule has 2 heterocycles. The summed E-state index contributed by atoms with van der Waals surface area (Å²) in [6.45, 7) is 2.46. The summed E-state index contributed by atoms with van der Waals surface area (Å²) in [4.78, 5) is 8.38. The van der Waals surface area contributed by atoms with E-state index in [-0.39, 0.29) is 0 Å². The average molecular weight is 297 g/mol. The first kappa shape index (κ1) is 14.1. The normalized spacial score (nSPS) is 10.5. The summed E-state index contributed by atoms with van der Waals surface area (Å²) in [6, 6.07) is 9.15. The first-order chi connectivity index (χ1) is 10.8. The van der Waals surface area contributed by atoms with Crippen molar-refractivity contribution in [2.24, 2.45) is 0 Å². The van der Waals surface area contributed by atoms with Gasteiger partial charge >= 0.3 is 0 Å². The van der Waals surface area contributed by atoms with Crippen LogP contribution in [0.4, 0.5) is 0 Å². The van der Waals surface area contributed by atoms with E-state index >= 15 is 0 Å². The fourth-order valence-electron chi connectivity index (χ4n) is 2.04. The number of nitrogens with zero attached hydrogens (tertiary/aromatic N) is 3. The Hall–Kier alpha value is -2.89. The third kappa shape index (κ3) is 2.76. The fourth-order valence-corrected chi connectivity index (χ4v) is 2.04. The highest BCUT2D eigenvalue weighted by molar-refractivity contribution is 5.62. The van der Waals surface area contributed by atoms with Gasteiger partial charge in [0.15, 0.2) is 11.5 Å². The standard InChI is InChI=1S/C16H15N3O3/c1-3-21-14-10-12(4-5-13(14)20-2)16-18-15(19-22-16)11-6-8-17-9-7-11/h4-10H,3H2,1-2H3. The molecular formula is C16H15N3O3. The van der Waals surface area contributed by atoms with E-state index in [0.717, 1.165) is 11.1 Å². The molecule has 3 rings (SSSR count). The molecule has 0 radical (unpaired) electrons. The first-order valence-electron chi connectivity index (χ1n) is 6.87. The number of hydrogen-bond acceptors (Lipinski definition) is 6. The van der Waals surface area contributed by atoms with Gasteiger partial charge in [0.05, 0.1) is 13.7 Å². The highest BCUT2D eigenvalue weighted by Gasteiger charge is 2.13. The predicted molar refractivity (Wildman–Crippen MR) is 80.7 cm³/mol. The Bertz CT molecular complexity index is 756. The lowest BCUT2D eigenvalue weighted by molar-refractivity contribution is 0.311. The third-order valence-corrected chi connectivity index (χ3v) is 3.07. The second kappa shape index (κ2) is 6.26. The van der Waals surface area contributed by atoms with E-state index < -0.39 is 0 Å². The van der Waals surface area contributed by atoms with E-state index in [9.17, 15) is 0 Å². The second-order valence-electron chi connectivity index (χ2n) is 4.46. The quantitative estimate of drug-likeness (QED) is 0.720. The Morgan fingerprint density at radius 3 is 2.59 bits per heavy atom. The van der Waals surface area contributed by atoms with Crippen LogP contribution in [0.5, 0.6) is 11.5 Å². The molecule has 0 aliphatic heterocycles. The van der Waals surface area contributed by atoms with Crippen LogP contribution in [0.15, 0.2) is 47.2 Å². The van der Waals surface area contributed by atoms with E-state index in [1.807, 2.05) is 37.3 Å². The van der Waals surface area contributed by atoms with Gasteiger partial charge in [-0.05, 0) is 37.3 Å². The molecule has 0 N–H and O–H groups in total. The molecule has 0 bridgehead atoms. The summed E-state index contributed by atoms with van der Waals surface area (Å²) < 4.78 is 16.2. The first-order valence-corrected chi connectivity index (χ1v) is 6.87. The zero-order valence-corrected chi connectivity index (χ0v) is 12.3. The number of benzene rings is 1. The maximum absolute atomic E-state index is 5.56. The molecule has 0 aliphatic carbocycles. The smallest absolute Gasteiger partial charge is 0.258 e. The molecular weight excluding hydrogens is 282 g/mol. The van der Waals surface area contributed by atoms with Crippen LogP contribution in [-0.4, -0.2) is 28.8 Å². The summed E-state index contributed by atoms with van der Waals surface area (Å²) in [5, 5.41) is 4.00. The van der Waals surface area contributed by atoms with E-state index in [1.165, 1.54) is 0 Å². The minimum atomic E-state index is 0.426. The summed E-state index contributed by atoms with van der Waals surface area (Å²) >= 11 is 0. The number of methoxy groups -OCH3 is 1. The summed E-state index contributed by atoms with van der Waals surface area (Å²) in [6.07, 6.45) is 3.37. The number of aromatic nitrogens is 3. The molecule has 0 spiro atoms. The van der Waals surface area contributed by atoms with Gasteiger partial charge in [-0.2, -0.15) is 4.98 Å². The van der Waals surface area contributed by atoms with Crippen molar-refractivity contribution < 1.29 is 14.0 Å². The Morgan fingerprint density at radius 2 is 1.86 bits per heavy atom. The molecule has 0 unspecified atom stereocenters. The molecule has 112 valence electrons. The topological polar surface area (TPSA) is 70.3 Å². The Morgan fingerprint density at radius 1 is 1.05 bits per heavy atom. The maximum atomic E-state index is 5.56. The zero-order valence-electron chi connectivity index (χ0n) is 12.3. The van der Waals surface area contributed by atoms with Gasteiger partial charge in [-0.25, -0.2) is 0 Å². The number of hydrogen-bond donors (Lipinski definition) is 0. The molecule has 2 aromatic heterocycles. The molecule has 6 nitrogen and oxygen atoms in total. The van der Waals surface area contributed by atoms with Gasteiger partial charge in [-0.15, -0.1) is 0 Å². The number of pyridine rings is 1. The largest absolute Gasteiger partial charge is 0.493 e. The molecule has 0 saturated heterocycles. The SMILES string of the molecule is CCOc1cc(-c2nc(-c3ccncc3)no2)ccc1OC. The van der Waals surface area contributed by atoms with Crippen LogP contribution in [0.1, 0.15) is 6.92 Å². The van der Waals surface area contributed by atoms with Crippen molar-refractivity contribution in [3.05, 3.63) is 42.7 Å². The fraction of sp³-hybridized carbons (Fsp3) is 0.188. The maximum Gasteiger partial charge on any atom is 0.258 e. The van der Waals surface area contributed by atoms with Crippen molar-refractivity contribution >= 4 is 0 Å².